The number of anilines is 1. The minimum absolute atomic E-state index is 0.0934. The van der Waals surface area contributed by atoms with Crippen molar-refractivity contribution in [1.82, 2.24) is 0 Å². The Hall–Kier alpha value is -1.90. The molecule has 0 fully saturated rings. The van der Waals surface area contributed by atoms with Gasteiger partial charge in [-0.2, -0.15) is 0 Å². The van der Waals surface area contributed by atoms with Crippen LogP contribution in [0.2, 0.25) is 18.1 Å². The lowest BCUT2D eigenvalue weighted by atomic mass is 9.86. The van der Waals surface area contributed by atoms with E-state index in [1.807, 2.05) is 33.9 Å². The first kappa shape index (κ1) is 23.1. The Balaban J connectivity index is 3.46. The Kier molecular flexibility index (Phi) is 8.00. The number of halogens is 2. The first-order valence-corrected chi connectivity index (χ1v) is 11.6. The van der Waals surface area contributed by atoms with Gasteiger partial charge in [0, 0.05) is 17.5 Å². The molecule has 0 aliphatic carbocycles. The molecule has 0 aliphatic rings. The van der Waals surface area contributed by atoms with E-state index in [4.69, 9.17) is 26.2 Å². The number of carbonyl (C=O) groups is 2. The number of hydrogen-bond donors (Lipinski definition) is 3. The Bertz CT molecular complexity index is 730. The van der Waals surface area contributed by atoms with E-state index in [9.17, 15) is 14.0 Å². The molecule has 0 aromatic heterocycles. The molecule has 0 radical (unpaired) electrons. The molecular weight excluding hydrogens is 393 g/mol. The summed E-state index contributed by atoms with van der Waals surface area (Å²) in [6, 6.07) is 2.79. The zero-order chi connectivity index (χ0) is 20.9. The normalized spacial score (nSPS) is 12.6. The second-order valence-electron chi connectivity index (χ2n) is 7.57. The molecule has 1 unspecified atom stereocenters. The van der Waals surface area contributed by atoms with Gasteiger partial charge in [-0.25, -0.2) is 14.0 Å². The number of nitrogens with one attached hydrogen (secondary N) is 1. The highest BCUT2D eigenvalue weighted by molar-refractivity contribution is 6.48. The fourth-order valence-electron chi connectivity index (χ4n) is 2.47. The van der Waals surface area contributed by atoms with Gasteiger partial charge in [0.2, 0.25) is 0 Å². The number of aliphatic carboxylic acids is 2. The van der Waals surface area contributed by atoms with E-state index in [1.54, 1.807) is 0 Å². The smallest absolute Gasteiger partial charge is 0.344 e. The quantitative estimate of drug-likeness (QED) is 0.251. The van der Waals surface area contributed by atoms with E-state index in [0.717, 1.165) is 6.20 Å². The van der Waals surface area contributed by atoms with E-state index in [-0.39, 0.29) is 21.7 Å². The summed E-state index contributed by atoms with van der Waals surface area (Å²) in [5, 5.41) is 20.4. The molecule has 0 amide bonds. The molecule has 1 aromatic carbocycles. The summed E-state index contributed by atoms with van der Waals surface area (Å²) < 4.78 is 20.9. The lowest BCUT2D eigenvalue weighted by Gasteiger charge is -2.30. The minimum Gasteiger partial charge on any atom is -0.477 e. The van der Waals surface area contributed by atoms with Gasteiger partial charge in [0.25, 0.3) is 0 Å². The fraction of sp³-hybridized carbons (Fsp3) is 0.444. The monoisotopic (exact) mass is 417 g/mol. The third-order valence-electron chi connectivity index (χ3n) is 3.52. The summed E-state index contributed by atoms with van der Waals surface area (Å²) in [6.45, 7) is 9.89. The van der Waals surface area contributed by atoms with Gasteiger partial charge in [0.15, 0.2) is 14.6 Å². The first-order valence-electron chi connectivity index (χ1n) is 8.40. The topological polar surface area (TPSA) is 95.9 Å². The second-order valence-corrected chi connectivity index (χ2v) is 10.4. The zero-order valence-electron chi connectivity index (χ0n) is 16.0. The van der Waals surface area contributed by atoms with Crippen molar-refractivity contribution in [3.8, 4) is 0 Å². The van der Waals surface area contributed by atoms with Gasteiger partial charge < -0.3 is 20.0 Å². The maximum absolute atomic E-state index is 14.9. The van der Waals surface area contributed by atoms with E-state index in [0.29, 0.717) is 6.42 Å². The van der Waals surface area contributed by atoms with Crippen molar-refractivity contribution in [1.29, 1.82) is 0 Å². The molecule has 1 atom stereocenters. The van der Waals surface area contributed by atoms with E-state index >= 15 is 0 Å². The van der Waals surface area contributed by atoms with Gasteiger partial charge in [0.1, 0.15) is 5.82 Å². The van der Waals surface area contributed by atoms with Crippen LogP contribution in [-0.2, 0) is 14.0 Å². The van der Waals surface area contributed by atoms with E-state index in [2.05, 4.69) is 5.32 Å². The number of rotatable bonds is 8. The molecule has 1 aromatic rings. The van der Waals surface area contributed by atoms with Crippen LogP contribution >= 0.6 is 11.6 Å². The molecule has 6 nitrogen and oxygen atoms in total. The molecule has 150 valence electrons. The van der Waals surface area contributed by atoms with Crippen molar-refractivity contribution in [2.45, 2.75) is 46.4 Å². The molecule has 0 aliphatic heterocycles. The summed E-state index contributed by atoms with van der Waals surface area (Å²) in [5.41, 5.74) is -0.683. The van der Waals surface area contributed by atoms with Crippen molar-refractivity contribution in [3.63, 3.8) is 0 Å². The van der Waals surface area contributed by atoms with Crippen molar-refractivity contribution in [3.05, 3.63) is 40.3 Å². The molecule has 0 spiro atoms. The van der Waals surface area contributed by atoms with E-state index < -0.39 is 38.5 Å². The largest absolute Gasteiger partial charge is 0.477 e. The molecule has 0 heterocycles. The number of carboxylic acid groups (broad SMARTS) is 2. The molecule has 9 heteroatoms. The Morgan fingerprint density at radius 2 is 1.85 bits per heavy atom. The Labute approximate surface area is 164 Å². The van der Waals surface area contributed by atoms with Crippen molar-refractivity contribution >= 4 is 38.3 Å². The summed E-state index contributed by atoms with van der Waals surface area (Å²) in [4.78, 5) is 22.1. The van der Waals surface area contributed by atoms with Gasteiger partial charge in [-0.1, -0.05) is 32.4 Å². The molecule has 0 saturated heterocycles. The summed E-state index contributed by atoms with van der Waals surface area (Å²) >= 11 is 5.95. The Morgan fingerprint density at radius 3 is 2.30 bits per heavy atom. The lowest BCUT2D eigenvalue weighted by molar-refractivity contribution is -0.140. The average molecular weight is 418 g/mol. The van der Waals surface area contributed by atoms with Crippen LogP contribution in [0, 0.1) is 11.2 Å². The van der Waals surface area contributed by atoms with Gasteiger partial charge in [-0.15, -0.1) is 0 Å². The highest BCUT2D eigenvalue weighted by Crippen LogP contribution is 2.39. The highest BCUT2D eigenvalue weighted by Gasteiger charge is 2.28. The minimum atomic E-state index is -1.61. The van der Waals surface area contributed by atoms with Crippen LogP contribution in [0.1, 0.15) is 38.9 Å². The van der Waals surface area contributed by atoms with Crippen LogP contribution in [-0.4, -0.2) is 31.2 Å². The van der Waals surface area contributed by atoms with Crippen molar-refractivity contribution in [2.75, 3.05) is 5.32 Å². The van der Waals surface area contributed by atoms with E-state index in [1.165, 1.54) is 12.1 Å². The molecule has 0 saturated carbocycles. The molecule has 1 rings (SSSR count). The summed E-state index contributed by atoms with van der Waals surface area (Å²) in [6.07, 6.45) is 0.709. The predicted molar refractivity (Wildman–Crippen MR) is 105 cm³/mol. The molecular formula is C18H25ClFNO5Si. The standard InChI is InChI=1S/C18H25ClFNO5Si/c1-18(2,3)8-13(26-27(4)5)14-12(7-6-11(19)15(14)20)21-9-10(16(22)23)17(24)25/h6-7,9,13,21,27H,8H2,1-5H3,(H,22,23)(H,24,25). The van der Waals surface area contributed by atoms with Gasteiger partial charge >= 0.3 is 11.9 Å². The SMILES string of the molecule is C[SiH](C)OC(CC(C)(C)C)c1c(NC=C(C(=O)O)C(=O)O)ccc(Cl)c1F. The maximum atomic E-state index is 14.9. The average Bonchev–Trinajstić information content (AvgIpc) is 2.47. The highest BCUT2D eigenvalue weighted by atomic mass is 35.5. The van der Waals surface area contributed by atoms with Crippen LogP contribution in [0.5, 0.6) is 0 Å². The summed E-state index contributed by atoms with van der Waals surface area (Å²) in [5.74, 6) is -3.89. The van der Waals surface area contributed by atoms with Crippen LogP contribution in [0.25, 0.3) is 0 Å². The van der Waals surface area contributed by atoms with Crippen molar-refractivity contribution in [2.24, 2.45) is 5.41 Å². The first-order chi connectivity index (χ1) is 12.3. The zero-order valence-corrected chi connectivity index (χ0v) is 17.9. The number of hydrogen-bond acceptors (Lipinski definition) is 4. The summed E-state index contributed by atoms with van der Waals surface area (Å²) in [7, 11) is -1.56. The maximum Gasteiger partial charge on any atom is 0.344 e. The van der Waals surface area contributed by atoms with Crippen LogP contribution < -0.4 is 5.32 Å². The second kappa shape index (κ2) is 9.34. The molecule has 3 N–H and O–H groups in total. The molecule has 27 heavy (non-hydrogen) atoms. The number of benzene rings is 1. The number of carboxylic acids is 2. The fourth-order valence-corrected chi connectivity index (χ4v) is 3.53. The predicted octanol–water partition coefficient (Wildman–Crippen LogP) is 4.42. The van der Waals surface area contributed by atoms with Crippen LogP contribution in [0.4, 0.5) is 10.1 Å². The van der Waals surface area contributed by atoms with Crippen LogP contribution in [0.15, 0.2) is 23.9 Å². The van der Waals surface area contributed by atoms with Crippen LogP contribution in [0.3, 0.4) is 0 Å². The third kappa shape index (κ3) is 6.97. The van der Waals surface area contributed by atoms with Gasteiger partial charge in [0.05, 0.1) is 11.1 Å². The third-order valence-corrected chi connectivity index (χ3v) is 4.69. The Morgan fingerprint density at radius 1 is 1.30 bits per heavy atom. The van der Waals surface area contributed by atoms with Gasteiger partial charge in [-0.3, -0.25) is 0 Å². The molecule has 0 bridgehead atoms. The van der Waals surface area contributed by atoms with Gasteiger partial charge in [-0.05, 0) is 37.1 Å². The van der Waals surface area contributed by atoms with Crippen molar-refractivity contribution < 1.29 is 28.6 Å². The lowest BCUT2D eigenvalue weighted by Crippen LogP contribution is -2.22.